The highest BCUT2D eigenvalue weighted by molar-refractivity contribution is 5.95. The van der Waals surface area contributed by atoms with Crippen molar-refractivity contribution in [3.8, 4) is 22.6 Å². The lowest BCUT2D eigenvalue weighted by Gasteiger charge is -2.37. The van der Waals surface area contributed by atoms with Gasteiger partial charge in [0.1, 0.15) is 11.5 Å². The quantitative estimate of drug-likeness (QED) is 0.203. The van der Waals surface area contributed by atoms with E-state index < -0.39 is 11.2 Å². The molecule has 14 heteroatoms. The molecule has 4 aromatic heterocycles. The minimum absolute atomic E-state index is 0.0912. The molecule has 0 unspecified atom stereocenters. The topological polar surface area (TPSA) is 146 Å². The monoisotopic (exact) mass is 737 g/mol. The Morgan fingerprint density at radius 3 is 2.13 bits per heavy atom. The number of pyridine rings is 3. The van der Waals surface area contributed by atoms with Gasteiger partial charge in [-0.25, -0.2) is 4.79 Å². The largest absolute Gasteiger partial charge is 0.496 e. The number of nitrogens with zero attached hydrogens (tertiary/aromatic N) is 6. The van der Waals surface area contributed by atoms with E-state index in [4.69, 9.17) is 14.2 Å². The van der Waals surface area contributed by atoms with Crippen LogP contribution in [0.5, 0.6) is 11.5 Å². The number of nitrogens with one attached hydrogen (secondary N) is 1. The normalized spacial score (nSPS) is 16.2. The third kappa shape index (κ3) is 8.10. The SMILES string of the molecule is COc1cc(-c2cn(C)c(=O)c3cnccc23)cc(OC)c1CN1CCC(OC2CCN(CCn3cccc(Cn4ccc(=O)[nH]c4=O)c3=O)CC2)CC1. The molecule has 2 aliphatic rings. The molecule has 0 atom stereocenters. The summed E-state index contributed by atoms with van der Waals surface area (Å²) in [6.45, 7) is 5.72. The number of piperidine rings is 2. The fourth-order valence-electron chi connectivity index (χ4n) is 7.69. The third-order valence-electron chi connectivity index (χ3n) is 10.7. The average molecular weight is 738 g/mol. The van der Waals surface area contributed by atoms with Crippen LogP contribution >= 0.6 is 0 Å². The van der Waals surface area contributed by atoms with Gasteiger partial charge in [-0.05, 0) is 60.9 Å². The highest BCUT2D eigenvalue weighted by Gasteiger charge is 2.27. The molecule has 5 aromatic rings. The van der Waals surface area contributed by atoms with Crippen LogP contribution in [0.2, 0.25) is 0 Å². The zero-order valence-corrected chi connectivity index (χ0v) is 31.0. The van der Waals surface area contributed by atoms with Gasteiger partial charge in [0, 0.05) is 101 Å². The maximum Gasteiger partial charge on any atom is 0.328 e. The van der Waals surface area contributed by atoms with Crippen LogP contribution in [0.15, 0.2) is 86.6 Å². The standard InChI is InChI=1S/C40H47N7O7/c1-43-25-33(31-6-12-41-23-32(31)39(43)50)28-21-35(52-2)34(36(22-28)53-3)26-45-16-9-30(10-17-45)54-29-7-14-44(15-8-29)19-20-46-13-4-5-27(38(46)49)24-47-18-11-37(48)42-40(47)51/h4-6,11-13,18,21-23,25,29-30H,7-10,14-17,19-20,24,26H2,1-3H3,(H,42,48,51). The number of ether oxygens (including phenoxy) is 3. The fourth-order valence-corrected chi connectivity index (χ4v) is 7.69. The Balaban J connectivity index is 0.901. The fraction of sp³-hybridized carbons (Fsp3) is 0.425. The van der Waals surface area contributed by atoms with Gasteiger partial charge in [-0.3, -0.25) is 33.8 Å². The molecule has 0 bridgehead atoms. The second kappa shape index (κ2) is 16.4. The van der Waals surface area contributed by atoms with Crippen molar-refractivity contribution in [1.82, 2.24) is 33.5 Å². The molecule has 2 saturated heterocycles. The second-order valence-corrected chi connectivity index (χ2v) is 14.2. The molecule has 7 rings (SSSR count). The first-order valence-electron chi connectivity index (χ1n) is 18.5. The molecule has 2 aliphatic heterocycles. The van der Waals surface area contributed by atoms with Crippen molar-refractivity contribution in [2.45, 2.75) is 57.5 Å². The van der Waals surface area contributed by atoms with E-state index in [2.05, 4.69) is 19.8 Å². The number of rotatable bonds is 12. The van der Waals surface area contributed by atoms with Crippen LogP contribution in [0.1, 0.15) is 36.8 Å². The van der Waals surface area contributed by atoms with Crippen molar-refractivity contribution in [3.05, 3.63) is 120 Å². The van der Waals surface area contributed by atoms with Crippen molar-refractivity contribution < 1.29 is 14.2 Å². The highest BCUT2D eigenvalue weighted by Crippen LogP contribution is 2.38. The van der Waals surface area contributed by atoms with E-state index in [1.165, 1.54) is 16.8 Å². The molecule has 284 valence electrons. The molecule has 6 heterocycles. The zero-order valence-electron chi connectivity index (χ0n) is 31.0. The summed E-state index contributed by atoms with van der Waals surface area (Å²) in [5.41, 5.74) is 2.06. The molecule has 1 N–H and O–H groups in total. The number of benzene rings is 1. The molecule has 0 radical (unpaired) electrons. The Labute approximate surface area is 312 Å². The summed E-state index contributed by atoms with van der Waals surface area (Å²) in [7, 11) is 5.10. The number of likely N-dealkylation sites (tertiary alicyclic amines) is 2. The van der Waals surface area contributed by atoms with Crippen molar-refractivity contribution in [2.24, 2.45) is 7.05 Å². The number of aromatic amines is 1. The van der Waals surface area contributed by atoms with Gasteiger partial charge in [-0.2, -0.15) is 0 Å². The van der Waals surface area contributed by atoms with E-state index in [-0.39, 0.29) is 29.9 Å². The average Bonchev–Trinajstić information content (AvgIpc) is 3.19. The summed E-state index contributed by atoms with van der Waals surface area (Å²) in [4.78, 5) is 60.6. The van der Waals surface area contributed by atoms with Crippen LogP contribution in [0.3, 0.4) is 0 Å². The van der Waals surface area contributed by atoms with Crippen molar-refractivity contribution in [1.29, 1.82) is 0 Å². The molecule has 14 nitrogen and oxygen atoms in total. The minimum Gasteiger partial charge on any atom is -0.496 e. The van der Waals surface area contributed by atoms with E-state index in [0.717, 1.165) is 92.0 Å². The molecule has 1 aromatic carbocycles. The Morgan fingerprint density at radius 1 is 0.778 bits per heavy atom. The van der Waals surface area contributed by atoms with Gasteiger partial charge in [0.2, 0.25) is 0 Å². The Bertz CT molecular complexity index is 2320. The van der Waals surface area contributed by atoms with Gasteiger partial charge in [0.25, 0.3) is 16.7 Å². The van der Waals surface area contributed by atoms with Crippen LogP contribution in [0.4, 0.5) is 0 Å². The summed E-state index contributed by atoms with van der Waals surface area (Å²) in [5.74, 6) is 1.48. The predicted octanol–water partition coefficient (Wildman–Crippen LogP) is 2.82. The van der Waals surface area contributed by atoms with Crippen molar-refractivity contribution in [2.75, 3.05) is 46.9 Å². The van der Waals surface area contributed by atoms with Gasteiger partial charge < -0.3 is 28.2 Å². The van der Waals surface area contributed by atoms with Gasteiger partial charge in [-0.15, -0.1) is 0 Å². The molecule has 0 spiro atoms. The van der Waals surface area contributed by atoms with E-state index in [9.17, 15) is 19.2 Å². The number of aryl methyl sites for hydroxylation is 1. The van der Waals surface area contributed by atoms with Crippen LogP contribution in [0.25, 0.3) is 21.9 Å². The Morgan fingerprint density at radius 2 is 1.46 bits per heavy atom. The molecule has 0 saturated carbocycles. The molecule has 0 amide bonds. The Hall–Kier alpha value is -5.31. The van der Waals surface area contributed by atoms with Crippen LogP contribution in [-0.4, -0.2) is 92.6 Å². The van der Waals surface area contributed by atoms with E-state index in [0.29, 0.717) is 24.0 Å². The van der Waals surface area contributed by atoms with Gasteiger partial charge in [-0.1, -0.05) is 6.07 Å². The number of hydrogen-bond acceptors (Lipinski definition) is 10. The van der Waals surface area contributed by atoms with Crippen molar-refractivity contribution >= 4 is 10.8 Å². The lowest BCUT2D eigenvalue weighted by molar-refractivity contribution is -0.0659. The van der Waals surface area contributed by atoms with Gasteiger partial charge in [0.05, 0.1) is 43.9 Å². The lowest BCUT2D eigenvalue weighted by Crippen LogP contribution is -2.43. The van der Waals surface area contributed by atoms with Gasteiger partial charge >= 0.3 is 5.69 Å². The maximum absolute atomic E-state index is 13.1. The van der Waals surface area contributed by atoms with Crippen LogP contribution < -0.4 is 31.8 Å². The van der Waals surface area contributed by atoms with E-state index in [1.54, 1.807) is 55.1 Å². The zero-order chi connectivity index (χ0) is 37.8. The second-order valence-electron chi connectivity index (χ2n) is 14.2. The van der Waals surface area contributed by atoms with E-state index >= 15 is 0 Å². The third-order valence-corrected chi connectivity index (χ3v) is 10.7. The van der Waals surface area contributed by atoms with E-state index in [1.807, 2.05) is 30.5 Å². The summed E-state index contributed by atoms with van der Waals surface area (Å²) >= 11 is 0. The number of fused-ring (bicyclic) bond motifs is 1. The maximum atomic E-state index is 13.1. The molecule has 2 fully saturated rings. The summed E-state index contributed by atoms with van der Waals surface area (Å²) in [6.07, 6.45) is 12.6. The predicted molar refractivity (Wildman–Crippen MR) is 205 cm³/mol. The first-order chi connectivity index (χ1) is 26.2. The first-order valence-corrected chi connectivity index (χ1v) is 18.5. The summed E-state index contributed by atoms with van der Waals surface area (Å²) in [6, 6.07) is 10.7. The summed E-state index contributed by atoms with van der Waals surface area (Å²) in [5, 5.41) is 1.39. The molecular formula is C40H47N7O7. The number of H-pyrrole nitrogens is 1. The molecular weight excluding hydrogens is 690 g/mol. The molecule has 54 heavy (non-hydrogen) atoms. The van der Waals surface area contributed by atoms with Crippen LogP contribution in [0, 0.1) is 0 Å². The number of hydrogen-bond donors (Lipinski definition) is 1. The Kier molecular flexibility index (Phi) is 11.2. The number of methoxy groups -OCH3 is 2. The molecule has 0 aliphatic carbocycles. The smallest absolute Gasteiger partial charge is 0.328 e. The lowest BCUT2D eigenvalue weighted by atomic mass is 9.98. The number of aromatic nitrogens is 5. The minimum atomic E-state index is -0.538. The van der Waals surface area contributed by atoms with Crippen LogP contribution in [-0.2, 0) is 31.4 Å². The van der Waals surface area contributed by atoms with Gasteiger partial charge in [0.15, 0.2) is 0 Å². The first kappa shape index (κ1) is 37.0. The highest BCUT2D eigenvalue weighted by atomic mass is 16.5. The van der Waals surface area contributed by atoms with Crippen molar-refractivity contribution in [3.63, 3.8) is 0 Å². The summed E-state index contributed by atoms with van der Waals surface area (Å²) < 4.78 is 23.0.